The maximum atomic E-state index is 5.92. The Balaban J connectivity index is 2.04. The monoisotopic (exact) mass is 267 g/mol. The molecule has 0 atom stereocenters. The molecule has 0 aliphatic heterocycles. The summed E-state index contributed by atoms with van der Waals surface area (Å²) in [5.74, 6) is 0. The van der Waals surface area contributed by atoms with Gasteiger partial charge in [-0.05, 0) is 41.8 Å². The third-order valence-electron chi connectivity index (χ3n) is 3.23. The van der Waals surface area contributed by atoms with Crippen LogP contribution in [-0.2, 0) is 0 Å². The Morgan fingerprint density at radius 1 is 0.842 bits per heavy atom. The van der Waals surface area contributed by atoms with Crippen molar-refractivity contribution in [2.24, 2.45) is 0 Å². The molecule has 19 heavy (non-hydrogen) atoms. The van der Waals surface area contributed by atoms with E-state index >= 15 is 0 Å². The minimum atomic E-state index is 0.760. The van der Waals surface area contributed by atoms with Crippen molar-refractivity contribution in [2.45, 2.75) is 6.92 Å². The highest BCUT2D eigenvalue weighted by molar-refractivity contribution is 6.30. The van der Waals surface area contributed by atoms with Gasteiger partial charge in [0, 0.05) is 16.4 Å². The van der Waals surface area contributed by atoms with Gasteiger partial charge in [-0.2, -0.15) is 0 Å². The van der Waals surface area contributed by atoms with Crippen molar-refractivity contribution in [3.63, 3.8) is 0 Å². The van der Waals surface area contributed by atoms with Crippen molar-refractivity contribution < 1.29 is 0 Å². The Labute approximate surface area is 117 Å². The molecule has 1 N–H and O–H groups in total. The summed E-state index contributed by atoms with van der Waals surface area (Å²) in [5.41, 5.74) is 5.89. The van der Waals surface area contributed by atoms with Crippen LogP contribution in [0.4, 0.5) is 0 Å². The van der Waals surface area contributed by atoms with Gasteiger partial charge in [-0.3, -0.25) is 0 Å². The largest absolute Gasteiger partial charge is 0.354 e. The highest BCUT2D eigenvalue weighted by atomic mass is 35.5. The molecule has 94 valence electrons. The van der Waals surface area contributed by atoms with Gasteiger partial charge < -0.3 is 4.98 Å². The minimum Gasteiger partial charge on any atom is -0.354 e. The zero-order valence-corrected chi connectivity index (χ0v) is 11.4. The fraction of sp³-hybridized carbons (Fsp3) is 0.0588. The minimum absolute atomic E-state index is 0.760. The average Bonchev–Trinajstić information content (AvgIpc) is 2.83. The molecule has 0 bridgehead atoms. The second-order valence-electron chi connectivity index (χ2n) is 4.61. The molecule has 0 saturated heterocycles. The maximum Gasteiger partial charge on any atom is 0.0488 e. The molecule has 0 saturated carbocycles. The number of aryl methyl sites for hydroxylation is 1. The summed E-state index contributed by atoms with van der Waals surface area (Å²) in [7, 11) is 0. The number of aromatic nitrogens is 1. The van der Waals surface area contributed by atoms with Crippen LogP contribution < -0.4 is 0 Å². The first kappa shape index (κ1) is 12.1. The molecule has 0 amide bonds. The van der Waals surface area contributed by atoms with Gasteiger partial charge in [-0.25, -0.2) is 0 Å². The molecular weight excluding hydrogens is 254 g/mol. The number of halogens is 1. The Kier molecular flexibility index (Phi) is 3.14. The molecule has 1 nitrogen and oxygen atoms in total. The van der Waals surface area contributed by atoms with Crippen molar-refractivity contribution in [3.05, 3.63) is 71.2 Å². The third-order valence-corrected chi connectivity index (χ3v) is 3.48. The van der Waals surface area contributed by atoms with Crippen LogP contribution in [-0.4, -0.2) is 4.98 Å². The number of benzene rings is 2. The van der Waals surface area contributed by atoms with Crippen LogP contribution in [0.3, 0.4) is 0 Å². The molecule has 0 unspecified atom stereocenters. The van der Waals surface area contributed by atoms with Gasteiger partial charge in [-0.15, -0.1) is 0 Å². The Hall–Kier alpha value is -1.99. The third kappa shape index (κ3) is 2.42. The van der Waals surface area contributed by atoms with Gasteiger partial charge in [0.2, 0.25) is 0 Å². The first-order valence-corrected chi connectivity index (χ1v) is 6.63. The van der Waals surface area contributed by atoms with E-state index in [0.29, 0.717) is 0 Å². The second-order valence-corrected chi connectivity index (χ2v) is 5.05. The lowest BCUT2D eigenvalue weighted by molar-refractivity contribution is 1.37. The van der Waals surface area contributed by atoms with Crippen molar-refractivity contribution in [3.8, 4) is 22.5 Å². The highest BCUT2D eigenvalue weighted by Crippen LogP contribution is 2.28. The molecule has 3 rings (SSSR count). The first-order valence-electron chi connectivity index (χ1n) is 6.25. The SMILES string of the molecule is Cc1cc(-c2ccc(Cl)cc2)[nH]c1-c1ccccc1. The predicted molar refractivity (Wildman–Crippen MR) is 81.4 cm³/mol. The quantitative estimate of drug-likeness (QED) is 0.648. The Morgan fingerprint density at radius 3 is 2.21 bits per heavy atom. The van der Waals surface area contributed by atoms with Crippen molar-refractivity contribution in [2.75, 3.05) is 0 Å². The fourth-order valence-electron chi connectivity index (χ4n) is 2.25. The molecule has 0 radical (unpaired) electrons. The van der Waals surface area contributed by atoms with E-state index in [1.165, 1.54) is 16.8 Å². The molecule has 0 spiro atoms. The first-order chi connectivity index (χ1) is 9.24. The van der Waals surface area contributed by atoms with Gasteiger partial charge in [0.05, 0.1) is 0 Å². The van der Waals surface area contributed by atoms with Gasteiger partial charge in [0.15, 0.2) is 0 Å². The lowest BCUT2D eigenvalue weighted by atomic mass is 10.1. The highest BCUT2D eigenvalue weighted by Gasteiger charge is 2.07. The fourth-order valence-corrected chi connectivity index (χ4v) is 2.37. The van der Waals surface area contributed by atoms with Crippen LogP contribution >= 0.6 is 11.6 Å². The summed E-state index contributed by atoms with van der Waals surface area (Å²) in [4.78, 5) is 3.49. The number of hydrogen-bond acceptors (Lipinski definition) is 0. The number of rotatable bonds is 2. The molecule has 1 aromatic heterocycles. The number of nitrogens with one attached hydrogen (secondary N) is 1. The zero-order valence-electron chi connectivity index (χ0n) is 10.7. The Morgan fingerprint density at radius 2 is 1.53 bits per heavy atom. The average molecular weight is 268 g/mol. The van der Waals surface area contributed by atoms with Crippen LogP contribution in [0.25, 0.3) is 22.5 Å². The molecule has 1 heterocycles. The van der Waals surface area contributed by atoms with Crippen LogP contribution in [0.2, 0.25) is 5.02 Å². The summed E-state index contributed by atoms with van der Waals surface area (Å²) >= 11 is 5.92. The van der Waals surface area contributed by atoms with Crippen LogP contribution in [0.1, 0.15) is 5.56 Å². The summed E-state index contributed by atoms with van der Waals surface area (Å²) in [6.45, 7) is 2.12. The zero-order chi connectivity index (χ0) is 13.2. The van der Waals surface area contributed by atoms with Crippen molar-refractivity contribution in [1.82, 2.24) is 4.98 Å². The van der Waals surface area contributed by atoms with Gasteiger partial charge in [-0.1, -0.05) is 54.1 Å². The molecule has 2 heteroatoms. The molecule has 0 aliphatic rings. The number of hydrogen-bond donors (Lipinski definition) is 1. The second kappa shape index (κ2) is 4.94. The van der Waals surface area contributed by atoms with Gasteiger partial charge in [0.1, 0.15) is 0 Å². The van der Waals surface area contributed by atoms with Crippen molar-refractivity contribution >= 4 is 11.6 Å². The number of aromatic amines is 1. The Bertz CT molecular complexity index is 681. The molecular formula is C17H14ClN. The van der Waals surface area contributed by atoms with E-state index in [1.807, 2.05) is 30.3 Å². The normalized spacial score (nSPS) is 10.6. The lowest BCUT2D eigenvalue weighted by Gasteiger charge is -2.00. The smallest absolute Gasteiger partial charge is 0.0488 e. The number of H-pyrrole nitrogens is 1. The standard InChI is InChI=1S/C17H14ClN/c1-12-11-16(13-7-9-15(18)10-8-13)19-17(12)14-5-3-2-4-6-14/h2-11,19H,1H3. The molecule has 0 aliphatic carbocycles. The van der Waals surface area contributed by atoms with E-state index in [-0.39, 0.29) is 0 Å². The maximum absolute atomic E-state index is 5.92. The lowest BCUT2D eigenvalue weighted by Crippen LogP contribution is -1.80. The molecule has 2 aromatic carbocycles. The van der Waals surface area contributed by atoms with E-state index in [1.54, 1.807) is 0 Å². The summed E-state index contributed by atoms with van der Waals surface area (Å²) in [6, 6.07) is 20.4. The van der Waals surface area contributed by atoms with E-state index in [9.17, 15) is 0 Å². The topological polar surface area (TPSA) is 15.8 Å². The van der Waals surface area contributed by atoms with Crippen LogP contribution in [0.5, 0.6) is 0 Å². The van der Waals surface area contributed by atoms with E-state index in [0.717, 1.165) is 16.3 Å². The van der Waals surface area contributed by atoms with Gasteiger partial charge in [0.25, 0.3) is 0 Å². The summed E-state index contributed by atoms with van der Waals surface area (Å²) < 4.78 is 0. The van der Waals surface area contributed by atoms with E-state index in [2.05, 4.69) is 42.2 Å². The van der Waals surface area contributed by atoms with Gasteiger partial charge >= 0.3 is 0 Å². The van der Waals surface area contributed by atoms with E-state index in [4.69, 9.17) is 11.6 Å². The van der Waals surface area contributed by atoms with Crippen LogP contribution in [0.15, 0.2) is 60.7 Å². The summed E-state index contributed by atoms with van der Waals surface area (Å²) in [5, 5.41) is 0.760. The predicted octanol–water partition coefficient (Wildman–Crippen LogP) is 5.31. The summed E-state index contributed by atoms with van der Waals surface area (Å²) in [6.07, 6.45) is 0. The molecule has 0 fully saturated rings. The van der Waals surface area contributed by atoms with E-state index < -0.39 is 0 Å². The van der Waals surface area contributed by atoms with Crippen LogP contribution in [0, 0.1) is 6.92 Å². The van der Waals surface area contributed by atoms with Crippen molar-refractivity contribution in [1.29, 1.82) is 0 Å². The molecule has 3 aromatic rings.